The molecule has 0 aliphatic carbocycles. The Morgan fingerprint density at radius 3 is 2.44 bits per heavy atom. The molecule has 0 saturated carbocycles. The SMILES string of the molecule is CCN=C1S/C(=C/c2cc(Cl)c(OCc3ccc4ccccc4c3)c(Cl)c2)C(=O)N1CC. The van der Waals surface area contributed by atoms with Crippen molar-refractivity contribution in [3.63, 3.8) is 0 Å². The number of rotatable bonds is 6. The lowest BCUT2D eigenvalue weighted by atomic mass is 10.1. The van der Waals surface area contributed by atoms with Gasteiger partial charge >= 0.3 is 0 Å². The third kappa shape index (κ3) is 4.80. The molecule has 164 valence electrons. The van der Waals surface area contributed by atoms with E-state index >= 15 is 0 Å². The average Bonchev–Trinajstić information content (AvgIpc) is 3.07. The molecule has 32 heavy (non-hydrogen) atoms. The van der Waals surface area contributed by atoms with Crippen LogP contribution < -0.4 is 4.74 Å². The van der Waals surface area contributed by atoms with Crippen molar-refractivity contribution in [2.24, 2.45) is 4.99 Å². The van der Waals surface area contributed by atoms with Crippen LogP contribution in [0, 0.1) is 0 Å². The van der Waals surface area contributed by atoms with E-state index in [9.17, 15) is 4.79 Å². The molecular formula is C25H22Cl2N2O2S. The predicted octanol–water partition coefficient (Wildman–Crippen LogP) is 7.04. The number of carbonyl (C=O) groups is 1. The molecule has 1 fully saturated rings. The molecule has 3 aromatic rings. The van der Waals surface area contributed by atoms with Crippen molar-refractivity contribution in [1.29, 1.82) is 0 Å². The fraction of sp³-hybridized carbons (Fsp3) is 0.200. The van der Waals surface area contributed by atoms with Gasteiger partial charge in [0, 0.05) is 13.1 Å². The molecular weight excluding hydrogens is 463 g/mol. The number of carbonyl (C=O) groups excluding carboxylic acids is 1. The van der Waals surface area contributed by atoms with Crippen LogP contribution >= 0.6 is 35.0 Å². The average molecular weight is 485 g/mol. The Kier molecular flexibility index (Phi) is 7.09. The van der Waals surface area contributed by atoms with Gasteiger partial charge in [-0.3, -0.25) is 14.7 Å². The molecule has 1 heterocycles. The monoisotopic (exact) mass is 484 g/mol. The van der Waals surface area contributed by atoms with E-state index in [1.165, 1.54) is 17.1 Å². The number of aliphatic imine (C=N–C) groups is 1. The number of ether oxygens (including phenoxy) is 1. The van der Waals surface area contributed by atoms with Crippen molar-refractivity contribution in [2.45, 2.75) is 20.5 Å². The first kappa shape index (κ1) is 22.7. The van der Waals surface area contributed by atoms with E-state index in [0.717, 1.165) is 21.7 Å². The fourth-order valence-corrected chi connectivity index (χ4v) is 5.19. The molecule has 0 bridgehead atoms. The first-order valence-corrected chi connectivity index (χ1v) is 11.9. The Hall–Kier alpha value is -2.47. The maximum absolute atomic E-state index is 12.7. The van der Waals surface area contributed by atoms with Crippen molar-refractivity contribution in [2.75, 3.05) is 13.1 Å². The molecule has 4 rings (SSSR count). The number of hydrogen-bond acceptors (Lipinski definition) is 4. The second kappa shape index (κ2) is 9.99. The Labute approximate surface area is 201 Å². The van der Waals surface area contributed by atoms with E-state index in [2.05, 4.69) is 29.3 Å². The van der Waals surface area contributed by atoms with Gasteiger partial charge < -0.3 is 4.74 Å². The molecule has 4 nitrogen and oxygen atoms in total. The number of benzene rings is 3. The van der Waals surface area contributed by atoms with Gasteiger partial charge in [-0.25, -0.2) is 0 Å². The second-order valence-corrected chi connectivity index (χ2v) is 9.02. The summed E-state index contributed by atoms with van der Waals surface area (Å²) in [6, 6.07) is 17.9. The minimum atomic E-state index is -0.0615. The zero-order valence-corrected chi connectivity index (χ0v) is 20.1. The van der Waals surface area contributed by atoms with E-state index in [4.69, 9.17) is 27.9 Å². The van der Waals surface area contributed by atoms with Gasteiger partial charge in [0.15, 0.2) is 10.9 Å². The molecule has 0 N–H and O–H groups in total. The number of thioether (sulfide) groups is 1. The minimum Gasteiger partial charge on any atom is -0.486 e. The van der Waals surface area contributed by atoms with Crippen LogP contribution in [0.1, 0.15) is 25.0 Å². The van der Waals surface area contributed by atoms with Crippen LogP contribution in [0.5, 0.6) is 5.75 Å². The standard InChI is InChI=1S/C25H22Cl2N2O2S/c1-3-28-25-29(4-2)24(30)22(32-25)14-17-12-20(26)23(21(27)13-17)31-15-16-9-10-18-7-5-6-8-19(18)11-16/h5-14H,3-4,15H2,1-2H3/b22-14+,28-25?. The van der Waals surface area contributed by atoms with Crippen LogP contribution in [-0.2, 0) is 11.4 Å². The summed E-state index contributed by atoms with van der Waals surface area (Å²) in [7, 11) is 0. The smallest absolute Gasteiger partial charge is 0.266 e. The number of likely N-dealkylation sites (N-methyl/N-ethyl adjacent to an activating group) is 1. The van der Waals surface area contributed by atoms with Crippen LogP contribution in [0.25, 0.3) is 16.8 Å². The Balaban J connectivity index is 1.53. The van der Waals surface area contributed by atoms with E-state index in [1.54, 1.807) is 23.1 Å². The van der Waals surface area contributed by atoms with E-state index < -0.39 is 0 Å². The molecule has 1 aliphatic heterocycles. The highest BCUT2D eigenvalue weighted by atomic mass is 35.5. The molecule has 0 spiro atoms. The van der Waals surface area contributed by atoms with Crippen LogP contribution in [0.2, 0.25) is 10.0 Å². The van der Waals surface area contributed by atoms with Crippen LogP contribution in [0.15, 0.2) is 64.5 Å². The van der Waals surface area contributed by atoms with Gasteiger partial charge in [0.05, 0.1) is 15.0 Å². The van der Waals surface area contributed by atoms with Gasteiger partial charge in [0.1, 0.15) is 6.61 Å². The lowest BCUT2D eigenvalue weighted by molar-refractivity contribution is -0.122. The van der Waals surface area contributed by atoms with Crippen molar-refractivity contribution in [1.82, 2.24) is 4.90 Å². The highest BCUT2D eigenvalue weighted by Crippen LogP contribution is 2.38. The second-order valence-electron chi connectivity index (χ2n) is 7.20. The molecule has 7 heteroatoms. The summed E-state index contributed by atoms with van der Waals surface area (Å²) in [6.45, 7) is 5.43. The maximum atomic E-state index is 12.7. The largest absolute Gasteiger partial charge is 0.486 e. The number of amides is 1. The highest BCUT2D eigenvalue weighted by Gasteiger charge is 2.31. The number of amidine groups is 1. The number of hydrogen-bond donors (Lipinski definition) is 0. The predicted molar refractivity (Wildman–Crippen MR) is 136 cm³/mol. The van der Waals surface area contributed by atoms with Crippen LogP contribution in [0.4, 0.5) is 0 Å². The first-order valence-electron chi connectivity index (χ1n) is 10.4. The van der Waals surface area contributed by atoms with Crippen molar-refractivity contribution >= 4 is 62.9 Å². The number of nitrogens with zero attached hydrogens (tertiary/aromatic N) is 2. The van der Waals surface area contributed by atoms with Gasteiger partial charge in [-0.2, -0.15) is 0 Å². The number of halogens is 2. The van der Waals surface area contributed by atoms with E-state index in [0.29, 0.717) is 40.4 Å². The molecule has 0 aromatic heterocycles. The summed E-state index contributed by atoms with van der Waals surface area (Å²) in [6.07, 6.45) is 1.79. The third-order valence-corrected chi connectivity index (χ3v) is 6.62. The van der Waals surface area contributed by atoms with E-state index in [-0.39, 0.29) is 5.91 Å². The van der Waals surface area contributed by atoms with Crippen molar-refractivity contribution < 1.29 is 9.53 Å². The minimum absolute atomic E-state index is 0.0615. The topological polar surface area (TPSA) is 41.9 Å². The summed E-state index contributed by atoms with van der Waals surface area (Å²) < 4.78 is 5.95. The summed E-state index contributed by atoms with van der Waals surface area (Å²) >= 11 is 14.3. The van der Waals surface area contributed by atoms with Crippen LogP contribution in [-0.4, -0.2) is 29.1 Å². The molecule has 0 atom stereocenters. The Bertz CT molecular complexity index is 1220. The number of fused-ring (bicyclic) bond motifs is 1. The maximum Gasteiger partial charge on any atom is 0.266 e. The van der Waals surface area contributed by atoms with Gasteiger partial charge in [0.25, 0.3) is 5.91 Å². The summed E-state index contributed by atoms with van der Waals surface area (Å²) in [5, 5.41) is 3.85. The summed E-state index contributed by atoms with van der Waals surface area (Å²) in [5.74, 6) is 0.367. The molecule has 0 unspecified atom stereocenters. The highest BCUT2D eigenvalue weighted by molar-refractivity contribution is 8.18. The zero-order chi connectivity index (χ0) is 22.7. The zero-order valence-electron chi connectivity index (χ0n) is 17.8. The Morgan fingerprint density at radius 1 is 1.03 bits per heavy atom. The lowest BCUT2D eigenvalue weighted by Gasteiger charge is -2.12. The normalized spacial score (nSPS) is 16.5. The van der Waals surface area contributed by atoms with Crippen molar-refractivity contribution in [3.8, 4) is 5.75 Å². The molecule has 1 saturated heterocycles. The fourth-order valence-electron chi connectivity index (χ4n) is 3.48. The molecule has 1 aliphatic rings. The third-order valence-electron chi connectivity index (χ3n) is 5.01. The van der Waals surface area contributed by atoms with E-state index in [1.807, 2.05) is 32.0 Å². The molecule has 0 radical (unpaired) electrons. The first-order chi connectivity index (χ1) is 15.5. The summed E-state index contributed by atoms with van der Waals surface area (Å²) in [5.41, 5.74) is 1.76. The Morgan fingerprint density at radius 2 is 1.75 bits per heavy atom. The molecule has 1 amide bonds. The quantitative estimate of drug-likeness (QED) is 0.352. The lowest BCUT2D eigenvalue weighted by Crippen LogP contribution is -2.28. The summed E-state index contributed by atoms with van der Waals surface area (Å²) in [4.78, 5) is 19.4. The van der Waals surface area contributed by atoms with Crippen LogP contribution in [0.3, 0.4) is 0 Å². The van der Waals surface area contributed by atoms with Crippen molar-refractivity contribution in [3.05, 3.63) is 80.7 Å². The van der Waals surface area contributed by atoms with Gasteiger partial charge in [-0.05, 0) is 71.8 Å². The van der Waals surface area contributed by atoms with Gasteiger partial charge in [-0.15, -0.1) is 0 Å². The van der Waals surface area contributed by atoms with Gasteiger partial charge in [0.2, 0.25) is 0 Å². The van der Waals surface area contributed by atoms with Gasteiger partial charge in [-0.1, -0.05) is 59.6 Å². The molecule has 3 aromatic carbocycles.